The minimum atomic E-state index is -3.69. The first-order valence-corrected chi connectivity index (χ1v) is 13.3. The minimum absolute atomic E-state index is 0.0460. The molecule has 2 aliphatic rings. The van der Waals surface area contributed by atoms with E-state index in [2.05, 4.69) is 20.5 Å². The van der Waals surface area contributed by atoms with Gasteiger partial charge in [-0.25, -0.2) is 12.8 Å². The Labute approximate surface area is 204 Å². The van der Waals surface area contributed by atoms with Crippen LogP contribution in [0.1, 0.15) is 48.5 Å². The topological polar surface area (TPSA) is 100 Å². The number of amides is 1. The SMILES string of the molecule is CC(NC(=O)c1ccc(CF)cc1Cl)C1(N2CCN(S(=O)(=O)c3cn(C)nn3)CC2)CCCC1. The van der Waals surface area contributed by atoms with Crippen LogP contribution in [-0.4, -0.2) is 76.3 Å². The molecule has 1 N–H and O–H groups in total. The summed E-state index contributed by atoms with van der Waals surface area (Å²) in [4.78, 5) is 15.3. The third-order valence-corrected chi connectivity index (χ3v) is 9.18. The molecule has 186 valence electrons. The van der Waals surface area contributed by atoms with Gasteiger partial charge in [0.1, 0.15) is 6.67 Å². The molecule has 34 heavy (non-hydrogen) atoms. The number of aryl methyl sites for hydroxylation is 1. The van der Waals surface area contributed by atoms with Gasteiger partial charge in [0.25, 0.3) is 15.9 Å². The summed E-state index contributed by atoms with van der Waals surface area (Å²) in [6, 6.07) is 4.41. The van der Waals surface area contributed by atoms with E-state index in [4.69, 9.17) is 11.6 Å². The average Bonchev–Trinajstić information content (AvgIpc) is 3.49. The van der Waals surface area contributed by atoms with Crippen molar-refractivity contribution >= 4 is 27.5 Å². The first kappa shape index (κ1) is 25.0. The maximum Gasteiger partial charge on any atom is 0.264 e. The maximum absolute atomic E-state index is 13.0. The summed E-state index contributed by atoms with van der Waals surface area (Å²) < 4.78 is 41.6. The summed E-state index contributed by atoms with van der Waals surface area (Å²) in [5.41, 5.74) is 0.485. The van der Waals surface area contributed by atoms with Crippen LogP contribution in [0.25, 0.3) is 0 Å². The van der Waals surface area contributed by atoms with Crippen LogP contribution in [0.3, 0.4) is 0 Å². The molecule has 12 heteroatoms. The van der Waals surface area contributed by atoms with Crippen molar-refractivity contribution in [1.82, 2.24) is 29.5 Å². The largest absolute Gasteiger partial charge is 0.348 e. The summed E-state index contributed by atoms with van der Waals surface area (Å²) in [6.07, 6.45) is 5.33. The van der Waals surface area contributed by atoms with Crippen molar-refractivity contribution < 1.29 is 17.6 Å². The number of aromatic nitrogens is 3. The predicted octanol–water partition coefficient (Wildman–Crippen LogP) is 2.38. The Bertz CT molecular complexity index is 1140. The smallest absolute Gasteiger partial charge is 0.264 e. The summed E-state index contributed by atoms with van der Waals surface area (Å²) in [6.45, 7) is 3.17. The molecule has 1 aliphatic heterocycles. The number of carbonyl (C=O) groups excluding carboxylic acids is 1. The van der Waals surface area contributed by atoms with E-state index in [1.54, 1.807) is 19.2 Å². The van der Waals surface area contributed by atoms with E-state index in [9.17, 15) is 17.6 Å². The third kappa shape index (κ3) is 4.71. The normalized spacial score (nSPS) is 20.4. The number of alkyl halides is 1. The summed E-state index contributed by atoms with van der Waals surface area (Å²) in [5, 5.41) is 10.8. The van der Waals surface area contributed by atoms with Crippen LogP contribution in [-0.2, 0) is 23.7 Å². The van der Waals surface area contributed by atoms with E-state index in [1.165, 1.54) is 21.3 Å². The number of hydrogen-bond acceptors (Lipinski definition) is 6. The molecule has 1 aromatic heterocycles. The number of carbonyl (C=O) groups is 1. The molecule has 2 fully saturated rings. The fourth-order valence-electron chi connectivity index (χ4n) is 5.20. The second-order valence-corrected chi connectivity index (χ2v) is 11.4. The second kappa shape index (κ2) is 9.88. The average molecular weight is 513 g/mol. The van der Waals surface area contributed by atoms with Crippen molar-refractivity contribution in [3.8, 4) is 0 Å². The lowest BCUT2D eigenvalue weighted by Gasteiger charge is -2.49. The van der Waals surface area contributed by atoms with Crippen LogP contribution >= 0.6 is 11.6 Å². The molecule has 0 spiro atoms. The molecule has 1 aromatic carbocycles. The van der Waals surface area contributed by atoms with Gasteiger partial charge in [0.05, 0.1) is 16.8 Å². The first-order chi connectivity index (χ1) is 16.2. The predicted molar refractivity (Wildman–Crippen MR) is 126 cm³/mol. The van der Waals surface area contributed by atoms with E-state index in [0.29, 0.717) is 37.3 Å². The van der Waals surface area contributed by atoms with Crippen LogP contribution in [0.5, 0.6) is 0 Å². The van der Waals surface area contributed by atoms with Crippen LogP contribution < -0.4 is 5.32 Å². The minimum Gasteiger partial charge on any atom is -0.348 e. The molecular weight excluding hydrogens is 483 g/mol. The number of nitrogens with one attached hydrogen (secondary N) is 1. The van der Waals surface area contributed by atoms with E-state index < -0.39 is 16.7 Å². The van der Waals surface area contributed by atoms with Crippen molar-refractivity contribution in [2.24, 2.45) is 7.05 Å². The monoisotopic (exact) mass is 512 g/mol. The molecule has 2 aromatic rings. The van der Waals surface area contributed by atoms with Crippen LogP contribution in [0, 0.1) is 0 Å². The molecule has 2 heterocycles. The Hall–Kier alpha value is -2.08. The molecule has 0 bridgehead atoms. The molecule has 1 saturated carbocycles. The molecule has 1 aliphatic carbocycles. The van der Waals surface area contributed by atoms with Crippen molar-refractivity contribution in [1.29, 1.82) is 0 Å². The number of rotatable bonds is 7. The third-order valence-electron chi connectivity index (χ3n) is 7.11. The number of benzene rings is 1. The fraction of sp³-hybridized carbons (Fsp3) is 0.591. The molecule has 1 unspecified atom stereocenters. The number of nitrogens with zero attached hydrogens (tertiary/aromatic N) is 5. The van der Waals surface area contributed by atoms with Gasteiger partial charge in [0.15, 0.2) is 0 Å². The van der Waals surface area contributed by atoms with Gasteiger partial charge < -0.3 is 5.32 Å². The molecule has 1 atom stereocenters. The maximum atomic E-state index is 13.0. The van der Waals surface area contributed by atoms with Gasteiger partial charge in [-0.1, -0.05) is 35.7 Å². The van der Waals surface area contributed by atoms with Gasteiger partial charge in [-0.3, -0.25) is 14.4 Å². The van der Waals surface area contributed by atoms with Crippen LogP contribution in [0.2, 0.25) is 5.02 Å². The van der Waals surface area contributed by atoms with E-state index in [-0.39, 0.29) is 27.5 Å². The lowest BCUT2D eigenvalue weighted by atomic mass is 9.86. The lowest BCUT2D eigenvalue weighted by molar-refractivity contribution is 0.0307. The van der Waals surface area contributed by atoms with Gasteiger partial charge in [0.2, 0.25) is 5.03 Å². The van der Waals surface area contributed by atoms with Gasteiger partial charge in [-0.2, -0.15) is 4.31 Å². The Kier molecular flexibility index (Phi) is 7.28. The van der Waals surface area contributed by atoms with Gasteiger partial charge in [-0.15, -0.1) is 5.10 Å². The molecule has 1 saturated heterocycles. The van der Waals surface area contributed by atoms with Crippen molar-refractivity contribution in [2.75, 3.05) is 26.2 Å². The summed E-state index contributed by atoms with van der Waals surface area (Å²) in [5.74, 6) is -0.293. The Balaban J connectivity index is 1.46. The number of halogens is 2. The molecule has 4 rings (SSSR count). The van der Waals surface area contributed by atoms with Crippen LogP contribution in [0.15, 0.2) is 29.4 Å². The highest BCUT2D eigenvalue weighted by Crippen LogP contribution is 2.39. The summed E-state index contributed by atoms with van der Waals surface area (Å²) >= 11 is 6.23. The lowest BCUT2D eigenvalue weighted by Crippen LogP contribution is -2.64. The molecule has 1 amide bonds. The first-order valence-electron chi connectivity index (χ1n) is 11.4. The Morgan fingerprint density at radius 2 is 1.91 bits per heavy atom. The summed E-state index contributed by atoms with van der Waals surface area (Å²) in [7, 11) is -2.06. The standard InChI is InChI=1S/C22H30ClFN6O3S/c1-16(25-21(31)18-6-5-17(14-24)13-19(18)23)22(7-3-4-8-22)29-9-11-30(12-10-29)34(32,33)20-15-28(2)27-26-20/h5-6,13,15-16H,3-4,7-12,14H2,1-2H3,(H,25,31). The zero-order chi connectivity index (χ0) is 24.5. The Morgan fingerprint density at radius 1 is 1.24 bits per heavy atom. The Morgan fingerprint density at radius 3 is 2.47 bits per heavy atom. The quantitative estimate of drug-likeness (QED) is 0.611. The number of piperazine rings is 1. The number of hydrogen-bond donors (Lipinski definition) is 1. The molecular formula is C22H30ClFN6O3S. The highest BCUT2D eigenvalue weighted by atomic mass is 35.5. The van der Waals surface area contributed by atoms with Gasteiger partial charge >= 0.3 is 0 Å². The van der Waals surface area contributed by atoms with Crippen molar-refractivity contribution in [3.63, 3.8) is 0 Å². The van der Waals surface area contributed by atoms with Crippen LogP contribution in [0.4, 0.5) is 4.39 Å². The highest BCUT2D eigenvalue weighted by molar-refractivity contribution is 7.89. The second-order valence-electron chi connectivity index (χ2n) is 9.08. The van der Waals surface area contributed by atoms with E-state index in [0.717, 1.165) is 25.7 Å². The van der Waals surface area contributed by atoms with Crippen molar-refractivity contribution in [2.45, 2.75) is 55.9 Å². The highest BCUT2D eigenvalue weighted by Gasteiger charge is 2.46. The zero-order valence-corrected chi connectivity index (χ0v) is 20.9. The van der Waals surface area contributed by atoms with Gasteiger partial charge in [0, 0.05) is 44.8 Å². The molecule has 0 radical (unpaired) electrons. The zero-order valence-electron chi connectivity index (χ0n) is 19.4. The molecule has 9 nitrogen and oxygen atoms in total. The number of sulfonamides is 1. The fourth-order valence-corrected chi connectivity index (χ4v) is 6.82. The van der Waals surface area contributed by atoms with E-state index in [1.807, 2.05) is 6.92 Å². The van der Waals surface area contributed by atoms with Crippen molar-refractivity contribution in [3.05, 3.63) is 40.5 Å². The van der Waals surface area contributed by atoms with E-state index >= 15 is 0 Å². The van der Waals surface area contributed by atoms with Gasteiger partial charge in [-0.05, 0) is 37.5 Å².